The van der Waals surface area contributed by atoms with E-state index in [1.165, 1.54) is 0 Å². The Morgan fingerprint density at radius 2 is 1.23 bits per heavy atom. The molecule has 4 aromatic rings. The lowest BCUT2D eigenvalue weighted by Crippen LogP contribution is -2.29. The van der Waals surface area contributed by atoms with Crippen molar-refractivity contribution in [3.63, 3.8) is 0 Å². The molecule has 0 radical (unpaired) electrons. The van der Waals surface area contributed by atoms with E-state index in [0.29, 0.717) is 5.46 Å². The molecule has 1 heterocycles. The van der Waals surface area contributed by atoms with Crippen molar-refractivity contribution in [1.82, 2.24) is 4.57 Å². The minimum atomic E-state index is -1.48. The molecular formula is C20H18BNO4. The molecule has 2 N–H and O–H groups in total. The Labute approximate surface area is 151 Å². The topological polar surface area (TPSA) is 63.9 Å². The highest BCUT2D eigenvalue weighted by molar-refractivity contribution is 6.58. The van der Waals surface area contributed by atoms with Crippen molar-refractivity contribution in [1.29, 1.82) is 0 Å². The van der Waals surface area contributed by atoms with Crippen LogP contribution in [0.2, 0.25) is 0 Å². The molecule has 3 aromatic carbocycles. The summed E-state index contributed by atoms with van der Waals surface area (Å²) < 4.78 is 12.9. The SMILES string of the molecule is COc1ccc2c(c1)c1cc(OC)ccc1n2-c1ccc(B(O)O)cc1. The van der Waals surface area contributed by atoms with Crippen LogP contribution < -0.4 is 14.9 Å². The third-order valence-corrected chi connectivity index (χ3v) is 4.63. The van der Waals surface area contributed by atoms with Gasteiger partial charge >= 0.3 is 7.12 Å². The van der Waals surface area contributed by atoms with E-state index in [4.69, 9.17) is 9.47 Å². The van der Waals surface area contributed by atoms with Gasteiger partial charge in [-0.25, -0.2) is 0 Å². The molecule has 4 rings (SSSR count). The Bertz CT molecular complexity index is 1030. The molecule has 0 saturated heterocycles. The van der Waals surface area contributed by atoms with Gasteiger partial charge in [0.25, 0.3) is 0 Å². The van der Waals surface area contributed by atoms with Gasteiger partial charge in [0.1, 0.15) is 11.5 Å². The number of rotatable bonds is 4. The van der Waals surface area contributed by atoms with Crippen molar-refractivity contribution >= 4 is 34.4 Å². The molecule has 130 valence electrons. The van der Waals surface area contributed by atoms with Crippen molar-refractivity contribution in [2.45, 2.75) is 0 Å². The maximum absolute atomic E-state index is 9.33. The average molecular weight is 347 g/mol. The predicted octanol–water partition coefficient (Wildman–Crippen LogP) is 2.48. The molecule has 0 saturated carbocycles. The molecule has 0 spiro atoms. The molecule has 1 aromatic heterocycles. The Morgan fingerprint density at radius 3 is 1.65 bits per heavy atom. The molecule has 5 nitrogen and oxygen atoms in total. The lowest BCUT2D eigenvalue weighted by molar-refractivity contribution is 0.415. The van der Waals surface area contributed by atoms with Crippen LogP contribution in [0.4, 0.5) is 0 Å². The summed E-state index contributed by atoms with van der Waals surface area (Å²) >= 11 is 0. The van der Waals surface area contributed by atoms with E-state index in [2.05, 4.69) is 4.57 Å². The smallest absolute Gasteiger partial charge is 0.488 e. The Kier molecular flexibility index (Phi) is 4.07. The summed E-state index contributed by atoms with van der Waals surface area (Å²) in [6, 6.07) is 19.1. The number of fused-ring (bicyclic) bond motifs is 3. The molecule has 26 heavy (non-hydrogen) atoms. The molecule has 0 aliphatic rings. The van der Waals surface area contributed by atoms with Crippen LogP contribution in [0.25, 0.3) is 27.5 Å². The summed E-state index contributed by atoms with van der Waals surface area (Å²) in [5.74, 6) is 1.58. The van der Waals surface area contributed by atoms with E-state index in [-0.39, 0.29) is 0 Å². The highest BCUT2D eigenvalue weighted by Crippen LogP contribution is 2.35. The van der Waals surface area contributed by atoms with E-state index in [1.807, 2.05) is 48.5 Å². The minimum Gasteiger partial charge on any atom is -0.497 e. The largest absolute Gasteiger partial charge is 0.497 e. The van der Waals surface area contributed by atoms with Crippen molar-refractivity contribution in [2.24, 2.45) is 0 Å². The Morgan fingerprint density at radius 1 is 0.731 bits per heavy atom. The van der Waals surface area contributed by atoms with Gasteiger partial charge in [-0.3, -0.25) is 0 Å². The molecule has 0 atom stereocenters. The van der Waals surface area contributed by atoms with Crippen LogP contribution in [-0.4, -0.2) is 36.0 Å². The summed E-state index contributed by atoms with van der Waals surface area (Å²) in [4.78, 5) is 0. The van der Waals surface area contributed by atoms with Crippen LogP contribution in [0, 0.1) is 0 Å². The first kappa shape index (κ1) is 16.5. The third kappa shape index (κ3) is 2.60. The third-order valence-electron chi connectivity index (χ3n) is 4.63. The van der Waals surface area contributed by atoms with Gasteiger partial charge in [-0.15, -0.1) is 0 Å². The molecule has 0 aliphatic carbocycles. The second-order valence-corrected chi connectivity index (χ2v) is 6.07. The number of nitrogens with zero attached hydrogens (tertiary/aromatic N) is 1. The fourth-order valence-electron chi connectivity index (χ4n) is 3.31. The fraction of sp³-hybridized carbons (Fsp3) is 0.100. The number of hydrogen-bond donors (Lipinski definition) is 2. The summed E-state index contributed by atoms with van der Waals surface area (Å²) in [7, 11) is 1.83. The molecule has 0 amide bonds. The lowest BCUT2D eigenvalue weighted by Gasteiger charge is -2.09. The number of hydrogen-bond acceptors (Lipinski definition) is 4. The zero-order valence-corrected chi connectivity index (χ0v) is 14.5. The van der Waals surface area contributed by atoms with Gasteiger partial charge < -0.3 is 24.1 Å². The summed E-state index contributed by atoms with van der Waals surface area (Å²) in [6.07, 6.45) is 0. The predicted molar refractivity (Wildman–Crippen MR) is 104 cm³/mol. The van der Waals surface area contributed by atoms with E-state index in [1.54, 1.807) is 26.4 Å². The molecular weight excluding hydrogens is 329 g/mol. The van der Waals surface area contributed by atoms with Gasteiger partial charge in [-0.1, -0.05) is 12.1 Å². The van der Waals surface area contributed by atoms with Crippen LogP contribution in [0.3, 0.4) is 0 Å². The molecule has 0 unspecified atom stereocenters. The number of methoxy groups -OCH3 is 2. The molecule has 0 aliphatic heterocycles. The summed E-state index contributed by atoms with van der Waals surface area (Å²) in [6.45, 7) is 0. The Balaban J connectivity index is 2.03. The fourth-order valence-corrected chi connectivity index (χ4v) is 3.31. The van der Waals surface area contributed by atoms with E-state index < -0.39 is 7.12 Å². The standard InChI is InChI=1S/C20H18BNO4/c1-25-15-7-9-19-17(11-15)18-12-16(26-2)8-10-20(18)22(19)14-5-3-13(4-6-14)21(23)24/h3-12,23-24H,1-2H3. The van der Waals surface area contributed by atoms with Gasteiger partial charge in [0.05, 0.1) is 25.3 Å². The monoisotopic (exact) mass is 347 g/mol. The maximum Gasteiger partial charge on any atom is 0.488 e. The number of benzene rings is 3. The van der Waals surface area contributed by atoms with E-state index in [0.717, 1.165) is 39.0 Å². The first-order chi connectivity index (χ1) is 12.6. The van der Waals surface area contributed by atoms with Crippen LogP contribution in [0.5, 0.6) is 11.5 Å². The second-order valence-electron chi connectivity index (χ2n) is 6.07. The van der Waals surface area contributed by atoms with E-state index in [9.17, 15) is 10.0 Å². The second kappa shape index (κ2) is 6.40. The molecule has 0 fully saturated rings. The maximum atomic E-state index is 9.33. The van der Waals surface area contributed by atoms with E-state index >= 15 is 0 Å². The van der Waals surface area contributed by atoms with Gasteiger partial charge in [-0.2, -0.15) is 0 Å². The van der Waals surface area contributed by atoms with Gasteiger partial charge in [0, 0.05) is 16.5 Å². The number of aromatic nitrogens is 1. The van der Waals surface area contributed by atoms with Crippen molar-refractivity contribution in [3.05, 3.63) is 60.7 Å². The quantitative estimate of drug-likeness (QED) is 0.557. The van der Waals surface area contributed by atoms with Gasteiger partial charge in [0.15, 0.2) is 0 Å². The first-order valence-corrected chi connectivity index (χ1v) is 8.25. The van der Waals surface area contributed by atoms with Crippen LogP contribution >= 0.6 is 0 Å². The zero-order valence-electron chi connectivity index (χ0n) is 14.5. The van der Waals surface area contributed by atoms with Crippen molar-refractivity contribution in [2.75, 3.05) is 14.2 Å². The average Bonchev–Trinajstić information content (AvgIpc) is 3.00. The van der Waals surface area contributed by atoms with Crippen molar-refractivity contribution < 1.29 is 19.5 Å². The highest BCUT2D eigenvalue weighted by atomic mass is 16.5. The van der Waals surface area contributed by atoms with Crippen molar-refractivity contribution in [3.8, 4) is 17.2 Å². The van der Waals surface area contributed by atoms with Crippen LogP contribution in [-0.2, 0) is 0 Å². The summed E-state index contributed by atoms with van der Waals surface area (Å²) in [5, 5.41) is 20.8. The summed E-state index contributed by atoms with van der Waals surface area (Å²) in [5.41, 5.74) is 3.46. The minimum absolute atomic E-state index is 0.456. The highest BCUT2D eigenvalue weighted by Gasteiger charge is 2.15. The zero-order chi connectivity index (χ0) is 18.3. The van der Waals surface area contributed by atoms with Gasteiger partial charge in [0.2, 0.25) is 0 Å². The normalized spacial score (nSPS) is 11.1. The molecule has 0 bridgehead atoms. The van der Waals surface area contributed by atoms with Crippen LogP contribution in [0.15, 0.2) is 60.7 Å². The number of ether oxygens (including phenoxy) is 2. The van der Waals surface area contributed by atoms with Crippen LogP contribution in [0.1, 0.15) is 0 Å². The lowest BCUT2D eigenvalue weighted by atomic mass is 9.80. The Hall–Kier alpha value is -2.96. The molecule has 6 heteroatoms. The first-order valence-electron chi connectivity index (χ1n) is 8.25. The van der Waals surface area contributed by atoms with Gasteiger partial charge in [-0.05, 0) is 54.0 Å².